The van der Waals surface area contributed by atoms with Crippen molar-refractivity contribution in [2.24, 2.45) is 0 Å². The molecular weight excluding hydrogens is 436 g/mol. The van der Waals surface area contributed by atoms with Crippen LogP contribution in [0.15, 0.2) is 59.9 Å². The van der Waals surface area contributed by atoms with Crippen LogP contribution in [0.5, 0.6) is 5.75 Å². The average Bonchev–Trinajstić information content (AvgIpc) is 3.59. The van der Waals surface area contributed by atoms with Crippen molar-refractivity contribution in [1.82, 2.24) is 19.7 Å². The fraction of sp³-hybridized carbons (Fsp3) is 0.320. The zero-order valence-electron chi connectivity index (χ0n) is 18.5. The van der Waals surface area contributed by atoms with Crippen molar-refractivity contribution < 1.29 is 14.3 Å². The van der Waals surface area contributed by atoms with E-state index in [1.54, 1.807) is 0 Å². The van der Waals surface area contributed by atoms with E-state index >= 15 is 0 Å². The smallest absolute Gasteiger partial charge is 0.192 e. The number of fused-ring (bicyclic) bond motifs is 1. The monoisotopic (exact) mass is 462 g/mol. The van der Waals surface area contributed by atoms with Crippen LogP contribution in [-0.4, -0.2) is 50.6 Å². The standard InChI is InChI=1S/C25H26N4O3S/c1-2-31-18-11-9-17(10-12-18)23(30)16-33-25-28-27-24(29(25)15-19-6-5-13-32-19)21-14-26-22-8-4-3-7-20(21)22/h3-4,7-12,14,19,26H,2,5-6,13,15-16H2,1H3. The van der Waals surface area contributed by atoms with Gasteiger partial charge in [-0.25, -0.2) is 0 Å². The molecule has 5 rings (SSSR count). The first kappa shape index (κ1) is 21.7. The Morgan fingerprint density at radius 1 is 1.21 bits per heavy atom. The van der Waals surface area contributed by atoms with Crippen LogP contribution in [0.2, 0.25) is 0 Å². The number of hydrogen-bond donors (Lipinski definition) is 1. The predicted octanol–water partition coefficient (Wildman–Crippen LogP) is 4.98. The molecule has 2 aromatic carbocycles. The van der Waals surface area contributed by atoms with Crippen LogP contribution in [0.25, 0.3) is 22.3 Å². The second kappa shape index (κ2) is 9.80. The number of aromatic nitrogens is 4. The summed E-state index contributed by atoms with van der Waals surface area (Å²) in [6.45, 7) is 3.99. The minimum Gasteiger partial charge on any atom is -0.494 e. The van der Waals surface area contributed by atoms with Crippen molar-refractivity contribution in [1.29, 1.82) is 0 Å². The maximum atomic E-state index is 12.8. The average molecular weight is 463 g/mol. The number of H-pyrrole nitrogens is 1. The van der Waals surface area contributed by atoms with Crippen molar-refractivity contribution in [2.75, 3.05) is 19.0 Å². The largest absolute Gasteiger partial charge is 0.494 e. The number of nitrogens with zero attached hydrogens (tertiary/aromatic N) is 3. The Balaban J connectivity index is 1.39. The van der Waals surface area contributed by atoms with E-state index < -0.39 is 0 Å². The lowest BCUT2D eigenvalue weighted by Crippen LogP contribution is -2.17. The first-order valence-electron chi connectivity index (χ1n) is 11.2. The molecule has 1 N–H and O–H groups in total. The van der Waals surface area contributed by atoms with E-state index in [2.05, 4.69) is 25.8 Å². The molecule has 1 atom stereocenters. The third-order valence-electron chi connectivity index (χ3n) is 5.78. The van der Waals surface area contributed by atoms with E-state index in [-0.39, 0.29) is 17.6 Å². The number of thioether (sulfide) groups is 1. The van der Waals surface area contributed by atoms with Crippen molar-refractivity contribution in [2.45, 2.75) is 37.6 Å². The number of aromatic amines is 1. The van der Waals surface area contributed by atoms with Crippen LogP contribution < -0.4 is 4.74 Å². The van der Waals surface area contributed by atoms with Crippen LogP contribution in [-0.2, 0) is 11.3 Å². The summed E-state index contributed by atoms with van der Waals surface area (Å²) in [6, 6.07) is 15.4. The number of Topliss-reactive ketones (excluding diaryl/α,β-unsaturated/α-hetero) is 1. The summed E-state index contributed by atoms with van der Waals surface area (Å²) in [6.07, 6.45) is 4.18. The number of benzene rings is 2. The number of rotatable bonds is 9. The molecule has 1 saturated heterocycles. The van der Waals surface area contributed by atoms with Gasteiger partial charge in [-0.05, 0) is 50.1 Å². The summed E-state index contributed by atoms with van der Waals surface area (Å²) < 4.78 is 13.5. The highest BCUT2D eigenvalue weighted by molar-refractivity contribution is 7.99. The van der Waals surface area contributed by atoms with Crippen molar-refractivity contribution in [3.05, 3.63) is 60.3 Å². The van der Waals surface area contributed by atoms with Crippen LogP contribution in [0.1, 0.15) is 30.1 Å². The second-order valence-corrected chi connectivity index (χ2v) is 8.91. The maximum Gasteiger partial charge on any atom is 0.192 e. The molecule has 33 heavy (non-hydrogen) atoms. The van der Waals surface area contributed by atoms with Gasteiger partial charge in [0.05, 0.1) is 25.0 Å². The van der Waals surface area contributed by atoms with Crippen LogP contribution in [0, 0.1) is 0 Å². The van der Waals surface area contributed by atoms with Gasteiger partial charge in [0, 0.05) is 34.8 Å². The first-order chi connectivity index (χ1) is 16.2. The molecule has 1 fully saturated rings. The summed E-state index contributed by atoms with van der Waals surface area (Å²) >= 11 is 1.41. The number of ketones is 1. The van der Waals surface area contributed by atoms with Crippen LogP contribution in [0.4, 0.5) is 0 Å². The van der Waals surface area contributed by atoms with Gasteiger partial charge in [0.15, 0.2) is 16.8 Å². The van der Waals surface area contributed by atoms with Gasteiger partial charge in [0.1, 0.15) is 5.75 Å². The Labute approximate surface area is 196 Å². The topological polar surface area (TPSA) is 82.0 Å². The van der Waals surface area contributed by atoms with Gasteiger partial charge in [-0.2, -0.15) is 0 Å². The SMILES string of the molecule is CCOc1ccc(C(=O)CSc2nnc(-c3c[nH]c4ccccc34)n2CC2CCCO2)cc1. The lowest BCUT2D eigenvalue weighted by Gasteiger charge is -2.14. The van der Waals surface area contributed by atoms with Gasteiger partial charge in [-0.15, -0.1) is 10.2 Å². The van der Waals surface area contributed by atoms with Gasteiger partial charge >= 0.3 is 0 Å². The molecule has 1 aliphatic heterocycles. The quantitative estimate of drug-likeness (QED) is 0.279. The van der Waals surface area contributed by atoms with Crippen LogP contribution >= 0.6 is 11.8 Å². The van der Waals surface area contributed by atoms with Crippen molar-refractivity contribution in [3.8, 4) is 17.1 Å². The first-order valence-corrected chi connectivity index (χ1v) is 12.2. The van der Waals surface area contributed by atoms with E-state index in [1.165, 1.54) is 11.8 Å². The van der Waals surface area contributed by atoms with Gasteiger partial charge in [0.2, 0.25) is 0 Å². The molecule has 8 heteroatoms. The highest BCUT2D eigenvalue weighted by Crippen LogP contribution is 2.31. The number of hydrogen-bond acceptors (Lipinski definition) is 6. The lowest BCUT2D eigenvalue weighted by molar-refractivity contribution is 0.0953. The van der Waals surface area contributed by atoms with Gasteiger partial charge in [0.25, 0.3) is 0 Å². The Morgan fingerprint density at radius 3 is 2.85 bits per heavy atom. The summed E-state index contributed by atoms with van der Waals surface area (Å²) in [7, 11) is 0. The molecular formula is C25H26N4O3S. The normalized spacial score (nSPS) is 15.8. The third kappa shape index (κ3) is 4.67. The zero-order valence-corrected chi connectivity index (χ0v) is 19.3. The van der Waals surface area contributed by atoms with Gasteiger partial charge in [-0.3, -0.25) is 9.36 Å². The fourth-order valence-corrected chi connectivity index (χ4v) is 4.97. The van der Waals surface area contributed by atoms with E-state index in [0.29, 0.717) is 18.7 Å². The summed E-state index contributed by atoms with van der Waals surface area (Å²) in [5, 5.41) is 10.8. The minimum absolute atomic E-state index is 0.0448. The molecule has 1 aliphatic rings. The zero-order chi connectivity index (χ0) is 22.6. The maximum absolute atomic E-state index is 12.8. The molecule has 170 valence electrons. The van der Waals surface area contributed by atoms with Gasteiger partial charge < -0.3 is 14.5 Å². The lowest BCUT2D eigenvalue weighted by atomic mass is 10.1. The third-order valence-corrected chi connectivity index (χ3v) is 6.74. The van der Waals surface area contributed by atoms with E-state index in [4.69, 9.17) is 9.47 Å². The Morgan fingerprint density at radius 2 is 2.06 bits per heavy atom. The van der Waals surface area contributed by atoms with E-state index in [9.17, 15) is 4.79 Å². The highest BCUT2D eigenvalue weighted by atomic mass is 32.2. The molecule has 0 saturated carbocycles. The molecule has 0 amide bonds. The Hall–Kier alpha value is -3.10. The molecule has 0 aliphatic carbocycles. The molecule has 2 aromatic heterocycles. The molecule has 0 spiro atoms. The molecule has 4 aromatic rings. The highest BCUT2D eigenvalue weighted by Gasteiger charge is 2.23. The second-order valence-electron chi connectivity index (χ2n) is 7.97. The van der Waals surface area contributed by atoms with Crippen molar-refractivity contribution >= 4 is 28.4 Å². The fourth-order valence-electron chi connectivity index (χ4n) is 4.12. The summed E-state index contributed by atoms with van der Waals surface area (Å²) in [5.41, 5.74) is 2.72. The van der Waals surface area contributed by atoms with Gasteiger partial charge in [-0.1, -0.05) is 30.0 Å². The molecule has 1 unspecified atom stereocenters. The minimum atomic E-state index is 0.0448. The molecule has 0 bridgehead atoms. The number of carbonyl (C=O) groups is 1. The summed E-state index contributed by atoms with van der Waals surface area (Å²) in [4.78, 5) is 16.1. The van der Waals surface area contributed by atoms with E-state index in [0.717, 1.165) is 52.6 Å². The summed E-state index contributed by atoms with van der Waals surface area (Å²) in [5.74, 6) is 1.88. The van der Waals surface area contributed by atoms with Crippen LogP contribution in [0.3, 0.4) is 0 Å². The van der Waals surface area contributed by atoms with E-state index in [1.807, 2.05) is 55.6 Å². The molecule has 7 nitrogen and oxygen atoms in total. The molecule has 0 radical (unpaired) electrons. The molecule has 3 heterocycles. The Bertz CT molecular complexity index is 1240. The Kier molecular flexibility index (Phi) is 6.46. The predicted molar refractivity (Wildman–Crippen MR) is 129 cm³/mol. The number of para-hydroxylation sites is 1. The number of carbonyl (C=O) groups excluding carboxylic acids is 1. The van der Waals surface area contributed by atoms with Crippen molar-refractivity contribution in [3.63, 3.8) is 0 Å². The number of ether oxygens (including phenoxy) is 2. The number of nitrogens with one attached hydrogen (secondary N) is 1.